The number of thiocarbonyl (C=S) groups is 1. The van der Waals surface area contributed by atoms with E-state index in [9.17, 15) is 9.59 Å². The van der Waals surface area contributed by atoms with Gasteiger partial charge in [-0.2, -0.15) is 0 Å². The molecule has 132 valence electrons. The number of thioether (sulfide) groups is 1. The lowest BCUT2D eigenvalue weighted by Crippen LogP contribution is -2.37. The number of esters is 1. The van der Waals surface area contributed by atoms with Crippen LogP contribution < -0.4 is 0 Å². The number of ether oxygens (including phenoxy) is 1. The van der Waals surface area contributed by atoms with Gasteiger partial charge in [-0.1, -0.05) is 78.0 Å². The third-order valence-corrected chi connectivity index (χ3v) is 5.33. The monoisotopic (exact) mass is 403 g/mol. The maximum absolute atomic E-state index is 12.9. The summed E-state index contributed by atoms with van der Waals surface area (Å²) in [5.41, 5.74) is 1.42. The molecule has 1 unspecified atom stereocenters. The number of hydrogen-bond donors (Lipinski definition) is 0. The van der Waals surface area contributed by atoms with E-state index in [1.165, 1.54) is 12.0 Å². The molecule has 0 aromatic heterocycles. The Hall–Kier alpha value is -2.15. The summed E-state index contributed by atoms with van der Waals surface area (Å²) in [5, 5.41) is 0.575. The van der Waals surface area contributed by atoms with Crippen molar-refractivity contribution in [3.05, 3.63) is 75.7 Å². The Morgan fingerprint density at radius 1 is 1.23 bits per heavy atom. The number of rotatable bonds is 4. The van der Waals surface area contributed by atoms with Crippen molar-refractivity contribution in [2.45, 2.75) is 6.04 Å². The first-order chi connectivity index (χ1) is 12.5. The molecule has 1 fully saturated rings. The standard InChI is InChI=1S/C19H14ClNO3S2/c1-24-18(23)16(13-7-3-2-4-8-13)21-17(22)15(26-19(21)25)11-12-6-5-9-14(20)10-12/h2-11,16H,1H3/b15-11-. The van der Waals surface area contributed by atoms with E-state index in [4.69, 9.17) is 28.6 Å². The summed E-state index contributed by atoms with van der Waals surface area (Å²) in [4.78, 5) is 27.1. The Balaban J connectivity index is 1.98. The third kappa shape index (κ3) is 3.82. The molecule has 1 heterocycles. The summed E-state index contributed by atoms with van der Waals surface area (Å²) >= 11 is 12.5. The number of nitrogens with zero attached hydrogens (tertiary/aromatic N) is 1. The third-order valence-electron chi connectivity index (χ3n) is 3.77. The van der Waals surface area contributed by atoms with E-state index in [0.29, 0.717) is 19.8 Å². The van der Waals surface area contributed by atoms with Crippen LogP contribution >= 0.6 is 35.6 Å². The molecule has 3 rings (SSSR count). The summed E-state index contributed by atoms with van der Waals surface area (Å²) < 4.78 is 5.21. The number of benzene rings is 2. The predicted octanol–water partition coefficient (Wildman–Crippen LogP) is 4.46. The smallest absolute Gasteiger partial charge is 0.333 e. The molecule has 1 aliphatic rings. The Morgan fingerprint density at radius 2 is 1.96 bits per heavy atom. The van der Waals surface area contributed by atoms with Gasteiger partial charge in [0.25, 0.3) is 5.91 Å². The van der Waals surface area contributed by atoms with Gasteiger partial charge >= 0.3 is 5.97 Å². The number of hydrogen-bond acceptors (Lipinski definition) is 5. The van der Waals surface area contributed by atoms with Crippen LogP contribution in [0.2, 0.25) is 5.02 Å². The van der Waals surface area contributed by atoms with Gasteiger partial charge in [-0.05, 0) is 29.3 Å². The molecule has 1 saturated heterocycles. The maximum atomic E-state index is 12.9. The van der Waals surface area contributed by atoms with Gasteiger partial charge in [0.2, 0.25) is 0 Å². The van der Waals surface area contributed by atoms with Crippen molar-refractivity contribution in [3.8, 4) is 0 Å². The highest BCUT2D eigenvalue weighted by Gasteiger charge is 2.41. The quantitative estimate of drug-likeness (QED) is 0.428. The molecule has 1 amide bonds. The molecule has 26 heavy (non-hydrogen) atoms. The summed E-state index contributed by atoms with van der Waals surface area (Å²) in [6.45, 7) is 0. The van der Waals surface area contributed by atoms with Crippen LogP contribution in [0.25, 0.3) is 6.08 Å². The van der Waals surface area contributed by atoms with Crippen LogP contribution in [-0.2, 0) is 14.3 Å². The van der Waals surface area contributed by atoms with E-state index < -0.39 is 12.0 Å². The van der Waals surface area contributed by atoms with Gasteiger partial charge in [0.1, 0.15) is 4.32 Å². The summed E-state index contributed by atoms with van der Waals surface area (Å²) in [5.74, 6) is -0.879. The molecule has 1 aliphatic heterocycles. The zero-order valence-corrected chi connectivity index (χ0v) is 16.1. The normalized spacial score (nSPS) is 16.8. The zero-order chi connectivity index (χ0) is 18.7. The van der Waals surface area contributed by atoms with Gasteiger partial charge in [-0.25, -0.2) is 4.79 Å². The lowest BCUT2D eigenvalue weighted by molar-refractivity contribution is -0.148. The first-order valence-corrected chi connectivity index (χ1v) is 9.27. The van der Waals surface area contributed by atoms with Crippen molar-refractivity contribution in [2.24, 2.45) is 0 Å². The highest BCUT2D eigenvalue weighted by molar-refractivity contribution is 8.26. The average molecular weight is 404 g/mol. The van der Waals surface area contributed by atoms with Crippen molar-refractivity contribution in [3.63, 3.8) is 0 Å². The van der Waals surface area contributed by atoms with Gasteiger partial charge in [-0.3, -0.25) is 9.69 Å². The lowest BCUT2D eigenvalue weighted by Gasteiger charge is -2.24. The average Bonchev–Trinajstić information content (AvgIpc) is 2.90. The molecule has 4 nitrogen and oxygen atoms in total. The van der Waals surface area contributed by atoms with Crippen molar-refractivity contribution in [2.75, 3.05) is 7.11 Å². The molecule has 0 bridgehead atoms. The Bertz CT molecular complexity index is 899. The van der Waals surface area contributed by atoms with E-state index in [1.807, 2.05) is 12.1 Å². The molecule has 2 aromatic carbocycles. The molecule has 0 N–H and O–H groups in total. The molecule has 1 atom stereocenters. The fourth-order valence-corrected chi connectivity index (χ4v) is 4.10. The first kappa shape index (κ1) is 18.6. The Kier molecular flexibility index (Phi) is 5.76. The maximum Gasteiger partial charge on any atom is 0.333 e. The zero-order valence-electron chi connectivity index (χ0n) is 13.7. The summed E-state index contributed by atoms with van der Waals surface area (Å²) in [6.07, 6.45) is 1.71. The van der Waals surface area contributed by atoms with Crippen LogP contribution in [0.1, 0.15) is 17.2 Å². The number of halogens is 1. The molecular weight excluding hydrogens is 390 g/mol. The van der Waals surface area contributed by atoms with Gasteiger partial charge in [0, 0.05) is 5.02 Å². The van der Waals surface area contributed by atoms with Gasteiger partial charge < -0.3 is 4.74 Å². The first-order valence-electron chi connectivity index (χ1n) is 7.66. The lowest BCUT2D eigenvalue weighted by atomic mass is 10.1. The molecule has 0 spiro atoms. The highest BCUT2D eigenvalue weighted by Crippen LogP contribution is 2.38. The second-order valence-corrected chi connectivity index (χ2v) is 7.56. The van der Waals surface area contributed by atoms with Crippen LogP contribution in [-0.4, -0.2) is 28.2 Å². The topological polar surface area (TPSA) is 46.6 Å². The predicted molar refractivity (Wildman–Crippen MR) is 108 cm³/mol. The van der Waals surface area contributed by atoms with E-state index in [0.717, 1.165) is 17.3 Å². The second kappa shape index (κ2) is 8.03. The van der Waals surface area contributed by atoms with Crippen molar-refractivity contribution in [1.82, 2.24) is 4.90 Å². The van der Waals surface area contributed by atoms with Gasteiger partial charge in [0.15, 0.2) is 6.04 Å². The SMILES string of the molecule is COC(=O)C(c1ccccc1)N1C(=O)/C(=C/c2cccc(Cl)c2)SC1=S. The summed E-state index contributed by atoms with van der Waals surface area (Å²) in [7, 11) is 1.29. The van der Waals surface area contributed by atoms with Gasteiger partial charge in [-0.15, -0.1) is 0 Å². The minimum Gasteiger partial charge on any atom is -0.467 e. The van der Waals surface area contributed by atoms with Crippen LogP contribution in [0.3, 0.4) is 0 Å². The van der Waals surface area contributed by atoms with Crippen LogP contribution in [0.4, 0.5) is 0 Å². The minimum absolute atomic E-state index is 0.308. The molecule has 2 aromatic rings. The fraction of sp³-hybridized carbons (Fsp3) is 0.105. The number of carbonyl (C=O) groups excluding carboxylic acids is 2. The highest BCUT2D eigenvalue weighted by atomic mass is 35.5. The van der Waals surface area contributed by atoms with Crippen molar-refractivity contribution < 1.29 is 14.3 Å². The van der Waals surface area contributed by atoms with Crippen LogP contribution in [0.15, 0.2) is 59.5 Å². The van der Waals surface area contributed by atoms with E-state index in [1.54, 1.807) is 48.5 Å². The second-order valence-electron chi connectivity index (χ2n) is 5.44. The van der Waals surface area contributed by atoms with Gasteiger partial charge in [0.05, 0.1) is 12.0 Å². The largest absolute Gasteiger partial charge is 0.467 e. The van der Waals surface area contributed by atoms with Crippen molar-refractivity contribution >= 4 is 57.9 Å². The summed E-state index contributed by atoms with van der Waals surface area (Å²) in [6, 6.07) is 15.2. The number of carbonyl (C=O) groups is 2. The molecule has 0 aliphatic carbocycles. The Labute approximate surface area is 165 Å². The molecule has 0 saturated carbocycles. The van der Waals surface area contributed by atoms with Crippen LogP contribution in [0, 0.1) is 0 Å². The van der Waals surface area contributed by atoms with Crippen molar-refractivity contribution in [1.29, 1.82) is 0 Å². The number of amides is 1. The van der Waals surface area contributed by atoms with E-state index in [2.05, 4.69) is 0 Å². The minimum atomic E-state index is -0.918. The molecule has 7 heteroatoms. The number of methoxy groups -OCH3 is 1. The molecular formula is C19H14ClNO3S2. The van der Waals surface area contributed by atoms with Crippen LogP contribution in [0.5, 0.6) is 0 Å². The van der Waals surface area contributed by atoms with E-state index in [-0.39, 0.29) is 5.91 Å². The molecule has 0 radical (unpaired) electrons. The fourth-order valence-electron chi connectivity index (χ4n) is 2.59. The van der Waals surface area contributed by atoms with E-state index >= 15 is 0 Å². The Morgan fingerprint density at radius 3 is 2.62 bits per heavy atom.